The number of hydrogen-bond acceptors (Lipinski definition) is 3. The van der Waals surface area contributed by atoms with Gasteiger partial charge in [-0.05, 0) is 44.2 Å². The number of para-hydroxylation sites is 1. The van der Waals surface area contributed by atoms with E-state index in [1.165, 1.54) is 36.6 Å². The zero-order valence-electron chi connectivity index (χ0n) is 15.2. The van der Waals surface area contributed by atoms with E-state index < -0.39 is 0 Å². The van der Waals surface area contributed by atoms with Crippen molar-refractivity contribution in [2.45, 2.75) is 62.9 Å². The number of benzene rings is 1. The lowest BCUT2D eigenvalue weighted by Gasteiger charge is -2.30. The van der Waals surface area contributed by atoms with Crippen LogP contribution in [-0.4, -0.2) is 26.8 Å². The second-order valence-corrected chi connectivity index (χ2v) is 8.31. The number of carbonyl (C=O) groups is 1. The highest BCUT2D eigenvalue weighted by atomic mass is 32.2. The molecule has 3 unspecified atom stereocenters. The van der Waals surface area contributed by atoms with Crippen molar-refractivity contribution < 1.29 is 4.79 Å². The minimum atomic E-state index is -0.167. The molecule has 1 heterocycles. The number of thioether (sulfide) groups is 1. The van der Waals surface area contributed by atoms with Gasteiger partial charge >= 0.3 is 0 Å². The molecule has 134 valence electrons. The Morgan fingerprint density at radius 3 is 2.84 bits per heavy atom. The van der Waals surface area contributed by atoms with Crippen LogP contribution >= 0.6 is 11.8 Å². The third-order valence-corrected chi connectivity index (χ3v) is 6.15. The Labute approximate surface area is 154 Å². The third kappa shape index (κ3) is 4.27. The largest absolute Gasteiger partial charge is 0.352 e. The van der Waals surface area contributed by atoms with Crippen molar-refractivity contribution in [3.05, 3.63) is 42.2 Å². The highest BCUT2D eigenvalue weighted by Crippen LogP contribution is 2.28. The summed E-state index contributed by atoms with van der Waals surface area (Å²) in [5.41, 5.74) is 2.30. The smallest absolute Gasteiger partial charge is 0.233 e. The number of amides is 1. The van der Waals surface area contributed by atoms with Gasteiger partial charge in [-0.2, -0.15) is 0 Å². The Hall–Kier alpha value is -1.75. The maximum absolute atomic E-state index is 12.6. The maximum atomic E-state index is 12.6. The van der Waals surface area contributed by atoms with E-state index in [0.29, 0.717) is 12.0 Å². The van der Waals surface area contributed by atoms with Crippen molar-refractivity contribution in [3.8, 4) is 5.69 Å². The second-order valence-electron chi connectivity index (χ2n) is 7.00. The van der Waals surface area contributed by atoms with E-state index in [1.54, 1.807) is 6.20 Å². The van der Waals surface area contributed by atoms with Gasteiger partial charge in [0.1, 0.15) is 0 Å². The summed E-state index contributed by atoms with van der Waals surface area (Å²) in [7, 11) is 0. The molecule has 4 nitrogen and oxygen atoms in total. The molecule has 1 aliphatic carbocycles. The minimum absolute atomic E-state index is 0.114. The molecule has 2 aromatic rings. The van der Waals surface area contributed by atoms with Gasteiger partial charge in [0.05, 0.1) is 10.9 Å². The summed E-state index contributed by atoms with van der Waals surface area (Å²) in [6.45, 7) is 6.29. The van der Waals surface area contributed by atoms with Crippen LogP contribution in [0, 0.1) is 12.8 Å². The van der Waals surface area contributed by atoms with E-state index in [9.17, 15) is 4.79 Å². The van der Waals surface area contributed by atoms with E-state index in [0.717, 1.165) is 17.3 Å². The highest BCUT2D eigenvalue weighted by Gasteiger charge is 2.26. The Bertz CT molecular complexity index is 727. The molecule has 0 saturated heterocycles. The number of aromatic nitrogens is 2. The first kappa shape index (κ1) is 18.1. The summed E-state index contributed by atoms with van der Waals surface area (Å²) in [6.07, 6.45) is 8.56. The summed E-state index contributed by atoms with van der Waals surface area (Å²) < 4.78 is 2.06. The van der Waals surface area contributed by atoms with Crippen LogP contribution in [-0.2, 0) is 4.79 Å². The predicted molar refractivity (Wildman–Crippen MR) is 103 cm³/mol. The summed E-state index contributed by atoms with van der Waals surface area (Å²) in [6, 6.07) is 8.54. The third-order valence-electron chi connectivity index (χ3n) is 5.07. The van der Waals surface area contributed by atoms with Crippen molar-refractivity contribution in [3.63, 3.8) is 0 Å². The quantitative estimate of drug-likeness (QED) is 0.809. The molecular formula is C20H27N3OS. The van der Waals surface area contributed by atoms with Crippen molar-refractivity contribution >= 4 is 17.7 Å². The minimum Gasteiger partial charge on any atom is -0.352 e. The fraction of sp³-hybridized carbons (Fsp3) is 0.500. The molecule has 3 atom stereocenters. The summed E-state index contributed by atoms with van der Waals surface area (Å²) >= 11 is 1.52. The highest BCUT2D eigenvalue weighted by molar-refractivity contribution is 8.00. The molecule has 5 heteroatoms. The van der Waals surface area contributed by atoms with Gasteiger partial charge in [0.2, 0.25) is 5.91 Å². The Balaban J connectivity index is 1.67. The monoisotopic (exact) mass is 357 g/mol. The topological polar surface area (TPSA) is 46.9 Å². The average molecular weight is 358 g/mol. The van der Waals surface area contributed by atoms with Crippen molar-refractivity contribution in [1.29, 1.82) is 0 Å². The predicted octanol–water partition coefficient (Wildman–Crippen LogP) is 4.36. The van der Waals surface area contributed by atoms with E-state index in [2.05, 4.69) is 40.8 Å². The molecular weight excluding hydrogens is 330 g/mol. The Kier molecular flexibility index (Phi) is 5.84. The molecule has 1 aromatic heterocycles. The van der Waals surface area contributed by atoms with Gasteiger partial charge in [0.15, 0.2) is 5.16 Å². The molecule has 3 rings (SSSR count). The zero-order valence-corrected chi connectivity index (χ0v) is 16.1. The van der Waals surface area contributed by atoms with E-state index in [1.807, 2.05) is 25.3 Å². The Morgan fingerprint density at radius 1 is 1.32 bits per heavy atom. The van der Waals surface area contributed by atoms with E-state index >= 15 is 0 Å². The molecule has 0 bridgehead atoms. The summed E-state index contributed by atoms with van der Waals surface area (Å²) in [5, 5.41) is 3.94. The van der Waals surface area contributed by atoms with Gasteiger partial charge < -0.3 is 5.32 Å². The van der Waals surface area contributed by atoms with Crippen LogP contribution in [0.1, 0.15) is 45.1 Å². The first-order chi connectivity index (χ1) is 12.1. The average Bonchev–Trinajstić information content (AvgIpc) is 3.05. The van der Waals surface area contributed by atoms with Gasteiger partial charge in [0, 0.05) is 18.4 Å². The number of carbonyl (C=O) groups excluding carboxylic acids is 1. The molecule has 1 saturated carbocycles. The van der Waals surface area contributed by atoms with Crippen LogP contribution in [0.25, 0.3) is 5.69 Å². The molecule has 0 aliphatic heterocycles. The molecule has 1 aliphatic rings. The molecule has 0 radical (unpaired) electrons. The van der Waals surface area contributed by atoms with E-state index in [-0.39, 0.29) is 11.2 Å². The molecule has 1 N–H and O–H groups in total. The zero-order chi connectivity index (χ0) is 17.8. The summed E-state index contributed by atoms with van der Waals surface area (Å²) in [4.78, 5) is 17.1. The normalized spacial score (nSPS) is 21.7. The molecule has 1 aromatic carbocycles. The van der Waals surface area contributed by atoms with Crippen LogP contribution in [0.4, 0.5) is 0 Å². The van der Waals surface area contributed by atoms with E-state index in [4.69, 9.17) is 0 Å². The molecule has 0 spiro atoms. The number of rotatable bonds is 5. The molecule has 1 fully saturated rings. The standard InChI is InChI=1S/C20H27N3OS/c1-14-8-4-6-10-17(14)22-19(24)16(3)25-20-21-12-13-23(20)18-11-7-5-9-15(18)2/h5,7,9,11-14,16-17H,4,6,8,10H2,1-3H3,(H,22,24). The van der Waals surface area contributed by atoms with Gasteiger partial charge in [-0.3, -0.25) is 9.36 Å². The van der Waals surface area contributed by atoms with Crippen LogP contribution in [0.15, 0.2) is 41.8 Å². The van der Waals surface area contributed by atoms with Crippen LogP contribution in [0.5, 0.6) is 0 Å². The van der Waals surface area contributed by atoms with Gasteiger partial charge in [-0.15, -0.1) is 0 Å². The van der Waals surface area contributed by atoms with Gasteiger partial charge in [0.25, 0.3) is 0 Å². The lowest BCUT2D eigenvalue weighted by molar-refractivity contribution is -0.121. The summed E-state index contributed by atoms with van der Waals surface area (Å²) in [5.74, 6) is 0.687. The van der Waals surface area contributed by atoms with Crippen molar-refractivity contribution in [1.82, 2.24) is 14.9 Å². The fourth-order valence-corrected chi connectivity index (χ4v) is 4.32. The SMILES string of the molecule is Cc1ccccc1-n1ccnc1SC(C)C(=O)NC1CCCCC1C. The number of hydrogen-bond donors (Lipinski definition) is 1. The number of nitrogens with one attached hydrogen (secondary N) is 1. The van der Waals surface area contributed by atoms with Crippen LogP contribution < -0.4 is 5.32 Å². The Morgan fingerprint density at radius 2 is 2.08 bits per heavy atom. The van der Waals surface area contributed by atoms with Crippen molar-refractivity contribution in [2.75, 3.05) is 0 Å². The number of nitrogens with zero attached hydrogens (tertiary/aromatic N) is 2. The molecule has 25 heavy (non-hydrogen) atoms. The van der Waals surface area contributed by atoms with Crippen LogP contribution in [0.3, 0.4) is 0 Å². The first-order valence-electron chi connectivity index (χ1n) is 9.12. The first-order valence-corrected chi connectivity index (χ1v) is 10.0. The number of aryl methyl sites for hydroxylation is 1. The lowest BCUT2D eigenvalue weighted by Crippen LogP contribution is -2.44. The fourth-order valence-electron chi connectivity index (χ4n) is 3.44. The van der Waals surface area contributed by atoms with Crippen LogP contribution in [0.2, 0.25) is 0 Å². The van der Waals surface area contributed by atoms with Gasteiger partial charge in [-0.25, -0.2) is 4.98 Å². The second kappa shape index (κ2) is 8.09. The van der Waals surface area contributed by atoms with Crippen molar-refractivity contribution in [2.24, 2.45) is 5.92 Å². The number of imidazole rings is 1. The maximum Gasteiger partial charge on any atom is 0.233 e. The van der Waals surface area contributed by atoms with Gasteiger partial charge in [-0.1, -0.05) is 49.7 Å². The molecule has 1 amide bonds. The lowest BCUT2D eigenvalue weighted by atomic mass is 9.86.